The molecule has 0 aliphatic carbocycles. The van der Waals surface area contributed by atoms with Gasteiger partial charge < -0.3 is 10.6 Å². The van der Waals surface area contributed by atoms with Gasteiger partial charge in [-0.3, -0.25) is 14.9 Å². The molecule has 9 heteroatoms. The second kappa shape index (κ2) is 6.80. The molecule has 0 bridgehead atoms. The quantitative estimate of drug-likeness (QED) is 0.656. The molecule has 1 amide bonds. The van der Waals surface area contributed by atoms with Crippen LogP contribution in [0.15, 0.2) is 30.5 Å². The molecule has 0 aliphatic rings. The van der Waals surface area contributed by atoms with Crippen LogP contribution in [0.5, 0.6) is 0 Å². The third kappa shape index (κ3) is 3.88. The Morgan fingerprint density at radius 3 is 2.65 bits per heavy atom. The molecule has 1 aromatic heterocycles. The Morgan fingerprint density at radius 1 is 1.39 bits per heavy atom. The van der Waals surface area contributed by atoms with E-state index in [0.717, 1.165) is 17.8 Å². The van der Waals surface area contributed by atoms with Crippen molar-refractivity contribution in [2.24, 2.45) is 5.73 Å². The maximum absolute atomic E-state index is 11.6. The van der Waals surface area contributed by atoms with E-state index < -0.39 is 10.8 Å². The number of primary amides is 1. The van der Waals surface area contributed by atoms with E-state index >= 15 is 0 Å². The van der Waals surface area contributed by atoms with Crippen molar-refractivity contribution in [3.8, 4) is 0 Å². The van der Waals surface area contributed by atoms with E-state index in [9.17, 15) is 14.9 Å². The van der Waals surface area contributed by atoms with Crippen LogP contribution in [0.4, 0.5) is 11.5 Å². The van der Waals surface area contributed by atoms with E-state index in [2.05, 4.69) is 4.98 Å². The summed E-state index contributed by atoms with van der Waals surface area (Å²) in [6.07, 6.45) is 1.07. The van der Waals surface area contributed by atoms with Crippen molar-refractivity contribution in [2.45, 2.75) is 6.54 Å². The Bertz CT molecular complexity index is 783. The van der Waals surface area contributed by atoms with Crippen LogP contribution in [0.3, 0.4) is 0 Å². The SMILES string of the molecule is CN(Cc1ccc(Cl)cc1Cl)c1ncc([N+](=O)[O-])cc1C(N)=O. The van der Waals surface area contributed by atoms with E-state index in [4.69, 9.17) is 28.9 Å². The van der Waals surface area contributed by atoms with Crippen molar-refractivity contribution in [2.75, 3.05) is 11.9 Å². The number of pyridine rings is 1. The third-order valence-corrected chi connectivity index (χ3v) is 3.70. The van der Waals surface area contributed by atoms with Gasteiger partial charge in [-0.25, -0.2) is 4.98 Å². The normalized spacial score (nSPS) is 10.4. The number of amides is 1. The van der Waals surface area contributed by atoms with Gasteiger partial charge in [-0.15, -0.1) is 0 Å². The van der Waals surface area contributed by atoms with Crippen LogP contribution in [-0.2, 0) is 6.54 Å². The van der Waals surface area contributed by atoms with Gasteiger partial charge >= 0.3 is 0 Å². The summed E-state index contributed by atoms with van der Waals surface area (Å²) in [5.74, 6) is -0.570. The number of anilines is 1. The summed E-state index contributed by atoms with van der Waals surface area (Å²) in [6, 6.07) is 6.14. The molecule has 1 heterocycles. The Morgan fingerprint density at radius 2 is 2.09 bits per heavy atom. The van der Waals surface area contributed by atoms with Gasteiger partial charge in [-0.1, -0.05) is 29.3 Å². The van der Waals surface area contributed by atoms with Gasteiger partial charge in [0.15, 0.2) is 0 Å². The first kappa shape index (κ1) is 17.0. The van der Waals surface area contributed by atoms with Crippen molar-refractivity contribution in [3.63, 3.8) is 0 Å². The highest BCUT2D eigenvalue weighted by Crippen LogP contribution is 2.26. The minimum absolute atomic E-state index is 0.0354. The molecule has 2 N–H and O–H groups in total. The second-order valence-electron chi connectivity index (χ2n) is 4.78. The number of rotatable bonds is 5. The zero-order valence-corrected chi connectivity index (χ0v) is 13.5. The van der Waals surface area contributed by atoms with Crippen molar-refractivity contribution in [1.29, 1.82) is 0 Å². The zero-order valence-electron chi connectivity index (χ0n) is 12.0. The maximum Gasteiger partial charge on any atom is 0.288 e. The second-order valence-corrected chi connectivity index (χ2v) is 5.62. The monoisotopic (exact) mass is 354 g/mol. The number of nitro groups is 1. The number of nitrogens with zero attached hydrogens (tertiary/aromatic N) is 3. The Balaban J connectivity index is 2.36. The van der Waals surface area contributed by atoms with Crippen molar-refractivity contribution in [3.05, 3.63) is 61.7 Å². The molecule has 0 radical (unpaired) electrons. The number of nitrogens with two attached hydrogens (primary N) is 1. The topological polar surface area (TPSA) is 102 Å². The number of halogens is 2. The van der Waals surface area contributed by atoms with Gasteiger partial charge in [-0.05, 0) is 17.7 Å². The van der Waals surface area contributed by atoms with Gasteiger partial charge in [-0.2, -0.15) is 0 Å². The lowest BCUT2D eigenvalue weighted by molar-refractivity contribution is -0.385. The third-order valence-electron chi connectivity index (χ3n) is 3.11. The molecule has 0 atom stereocenters. The summed E-state index contributed by atoms with van der Waals surface area (Å²) in [7, 11) is 1.67. The van der Waals surface area contributed by atoms with Gasteiger partial charge in [0.1, 0.15) is 12.0 Å². The molecular formula is C14H12Cl2N4O3. The molecule has 1 aromatic carbocycles. The molecule has 120 valence electrons. The lowest BCUT2D eigenvalue weighted by atomic mass is 10.2. The van der Waals surface area contributed by atoms with E-state index in [1.54, 1.807) is 30.1 Å². The first-order chi connectivity index (χ1) is 10.8. The number of carbonyl (C=O) groups excluding carboxylic acids is 1. The maximum atomic E-state index is 11.6. The molecule has 2 aromatic rings. The zero-order chi connectivity index (χ0) is 17.1. The molecule has 23 heavy (non-hydrogen) atoms. The van der Waals surface area contributed by atoms with Crippen LogP contribution in [0, 0.1) is 10.1 Å². The average molecular weight is 355 g/mol. The van der Waals surface area contributed by atoms with Crippen molar-refractivity contribution in [1.82, 2.24) is 4.98 Å². The summed E-state index contributed by atoms with van der Waals surface area (Å²) in [6.45, 7) is 0.321. The van der Waals surface area contributed by atoms with E-state index in [-0.39, 0.29) is 17.1 Å². The predicted molar refractivity (Wildman–Crippen MR) is 88.0 cm³/mol. The number of benzene rings is 1. The highest BCUT2D eigenvalue weighted by Gasteiger charge is 2.19. The number of aromatic nitrogens is 1. The lowest BCUT2D eigenvalue weighted by Crippen LogP contribution is -2.23. The summed E-state index contributed by atoms with van der Waals surface area (Å²) in [5, 5.41) is 11.8. The summed E-state index contributed by atoms with van der Waals surface area (Å²) in [4.78, 5) is 27.3. The standard InChI is InChI=1S/C14H12Cl2N4O3/c1-19(7-8-2-3-9(15)4-12(8)16)14-11(13(17)21)5-10(6-18-14)20(22)23/h2-6H,7H2,1H3,(H2,17,21). The molecule has 0 saturated heterocycles. The fraction of sp³-hybridized carbons (Fsp3) is 0.143. The highest BCUT2D eigenvalue weighted by molar-refractivity contribution is 6.35. The summed E-state index contributed by atoms with van der Waals surface area (Å²) < 4.78 is 0. The Labute approximate surface area is 141 Å². The molecule has 0 spiro atoms. The molecule has 0 unspecified atom stereocenters. The van der Waals surface area contributed by atoms with Gasteiger partial charge in [0, 0.05) is 29.7 Å². The fourth-order valence-electron chi connectivity index (χ4n) is 2.01. The predicted octanol–water partition coefficient (Wildman–Crippen LogP) is 3.03. The number of carbonyl (C=O) groups is 1. The minimum atomic E-state index is -0.801. The Hall–Kier alpha value is -2.38. The number of hydrogen-bond donors (Lipinski definition) is 1. The fourth-order valence-corrected chi connectivity index (χ4v) is 2.48. The van der Waals surface area contributed by atoms with Crippen LogP contribution >= 0.6 is 23.2 Å². The van der Waals surface area contributed by atoms with E-state index in [0.29, 0.717) is 16.6 Å². The number of hydrogen-bond acceptors (Lipinski definition) is 5. The van der Waals surface area contributed by atoms with Gasteiger partial charge in [0.2, 0.25) is 0 Å². The first-order valence-electron chi connectivity index (χ1n) is 6.39. The molecular weight excluding hydrogens is 343 g/mol. The van der Waals surface area contributed by atoms with Crippen LogP contribution in [-0.4, -0.2) is 22.9 Å². The van der Waals surface area contributed by atoms with Crippen molar-refractivity contribution < 1.29 is 9.72 Å². The van der Waals surface area contributed by atoms with Gasteiger partial charge in [0.25, 0.3) is 11.6 Å². The minimum Gasteiger partial charge on any atom is -0.365 e. The van der Waals surface area contributed by atoms with Crippen LogP contribution < -0.4 is 10.6 Å². The summed E-state index contributed by atoms with van der Waals surface area (Å²) in [5.41, 5.74) is 5.71. The Kier molecular flexibility index (Phi) is 5.02. The van der Waals surface area contributed by atoms with Crippen LogP contribution in [0.25, 0.3) is 0 Å². The lowest BCUT2D eigenvalue weighted by Gasteiger charge is -2.20. The van der Waals surface area contributed by atoms with E-state index in [1.807, 2.05) is 0 Å². The summed E-state index contributed by atoms with van der Waals surface area (Å²) >= 11 is 12.0. The van der Waals surface area contributed by atoms with Crippen LogP contribution in [0.1, 0.15) is 15.9 Å². The molecule has 2 rings (SSSR count). The first-order valence-corrected chi connectivity index (χ1v) is 7.14. The van der Waals surface area contributed by atoms with Gasteiger partial charge in [0.05, 0.1) is 10.5 Å². The van der Waals surface area contributed by atoms with E-state index in [1.165, 1.54) is 0 Å². The van der Waals surface area contributed by atoms with Crippen LogP contribution in [0.2, 0.25) is 10.0 Å². The molecule has 7 nitrogen and oxygen atoms in total. The van der Waals surface area contributed by atoms with Crippen molar-refractivity contribution >= 4 is 40.6 Å². The average Bonchev–Trinajstić information content (AvgIpc) is 2.49. The molecule has 0 fully saturated rings. The molecule has 0 saturated carbocycles. The smallest absolute Gasteiger partial charge is 0.288 e. The largest absolute Gasteiger partial charge is 0.365 e. The molecule has 0 aliphatic heterocycles. The highest BCUT2D eigenvalue weighted by atomic mass is 35.5.